The number of aromatic nitrogens is 4. The summed E-state index contributed by atoms with van der Waals surface area (Å²) in [4.78, 5) is 10.5. The van der Waals surface area contributed by atoms with E-state index >= 15 is 0 Å². The highest BCUT2D eigenvalue weighted by atomic mass is 19.1. The van der Waals surface area contributed by atoms with Crippen molar-refractivity contribution in [2.45, 2.75) is 45.4 Å². The number of fused-ring (bicyclic) bond motifs is 1. The van der Waals surface area contributed by atoms with Crippen molar-refractivity contribution in [2.75, 3.05) is 32.7 Å². The van der Waals surface area contributed by atoms with Gasteiger partial charge in [0.1, 0.15) is 17.2 Å². The molecule has 2 aliphatic rings. The zero-order chi connectivity index (χ0) is 27.5. The summed E-state index contributed by atoms with van der Waals surface area (Å²) < 4.78 is 14.7. The second-order valence-corrected chi connectivity index (χ2v) is 11.4. The number of benzene rings is 1. The van der Waals surface area contributed by atoms with Crippen molar-refractivity contribution in [2.24, 2.45) is 5.92 Å². The van der Waals surface area contributed by atoms with E-state index in [-0.39, 0.29) is 5.82 Å². The SMILES string of the molecule is C=c1c(-c2cc3c(-c4cc(F)cc(CCCN5CCCC5)c4)ccnc3[nH]2)n[nH]/c1=C/C=C(\C)C1CCNCC1. The predicted octanol–water partition coefficient (Wildman–Crippen LogP) is 4.92. The van der Waals surface area contributed by atoms with Crippen LogP contribution in [0.1, 0.15) is 44.6 Å². The third kappa shape index (κ3) is 5.81. The van der Waals surface area contributed by atoms with Crippen LogP contribution in [0, 0.1) is 11.7 Å². The summed E-state index contributed by atoms with van der Waals surface area (Å²) in [7, 11) is 0. The lowest BCUT2D eigenvalue weighted by Gasteiger charge is -2.23. The topological polar surface area (TPSA) is 72.6 Å². The molecule has 0 aliphatic carbocycles. The van der Waals surface area contributed by atoms with Crippen LogP contribution in [0.15, 0.2) is 48.2 Å². The van der Waals surface area contributed by atoms with Gasteiger partial charge in [0.05, 0.1) is 11.0 Å². The smallest absolute Gasteiger partial charge is 0.138 e. The molecular formula is C33H39FN6. The van der Waals surface area contributed by atoms with Gasteiger partial charge in [-0.2, -0.15) is 5.10 Å². The molecule has 0 saturated carbocycles. The Morgan fingerprint density at radius 1 is 1.15 bits per heavy atom. The third-order valence-corrected chi connectivity index (χ3v) is 8.59. The van der Waals surface area contributed by atoms with Crippen molar-refractivity contribution < 1.29 is 4.39 Å². The summed E-state index contributed by atoms with van der Waals surface area (Å²) in [5.41, 5.74) is 6.63. The highest BCUT2D eigenvalue weighted by Gasteiger charge is 2.16. The fraction of sp³-hybridized carbons (Fsp3) is 0.394. The van der Waals surface area contributed by atoms with Crippen molar-refractivity contribution in [3.63, 3.8) is 0 Å². The van der Waals surface area contributed by atoms with Gasteiger partial charge in [0.2, 0.25) is 0 Å². The number of aromatic amines is 2. The largest absolute Gasteiger partial charge is 0.338 e. The van der Waals surface area contributed by atoms with Gasteiger partial charge < -0.3 is 15.2 Å². The Bertz CT molecular complexity index is 1620. The molecule has 0 unspecified atom stereocenters. The standard InChI is InChI=1S/C33H39FN6/c1-22(25-9-12-35-13-10-25)7-8-30-23(2)32(39-38-30)31-21-29-28(11-14-36-33(29)37-31)26-18-24(19-27(34)20-26)6-5-17-40-15-3-4-16-40/h7-8,11,14,18-21,25,35,38H,2-6,9-10,12-13,15-17H2,1H3,(H,36,37)/b22-7+,30-8+. The summed E-state index contributed by atoms with van der Waals surface area (Å²) in [5.74, 6) is 0.425. The van der Waals surface area contributed by atoms with E-state index in [1.807, 2.05) is 6.07 Å². The monoisotopic (exact) mass is 538 g/mol. The van der Waals surface area contributed by atoms with Gasteiger partial charge in [0, 0.05) is 16.8 Å². The van der Waals surface area contributed by atoms with Gasteiger partial charge >= 0.3 is 0 Å². The van der Waals surface area contributed by atoms with E-state index in [0.29, 0.717) is 5.92 Å². The van der Waals surface area contributed by atoms with Crippen molar-refractivity contribution in [1.29, 1.82) is 0 Å². The molecule has 208 valence electrons. The van der Waals surface area contributed by atoms with Crippen molar-refractivity contribution in [1.82, 2.24) is 30.4 Å². The molecule has 0 amide bonds. The Morgan fingerprint density at radius 3 is 2.80 bits per heavy atom. The lowest BCUT2D eigenvalue weighted by atomic mass is 9.91. The minimum absolute atomic E-state index is 0.199. The molecule has 0 atom stereocenters. The number of piperidine rings is 1. The fourth-order valence-electron chi connectivity index (χ4n) is 6.24. The molecule has 6 nitrogen and oxygen atoms in total. The highest BCUT2D eigenvalue weighted by Crippen LogP contribution is 2.31. The molecule has 0 bridgehead atoms. The first-order chi connectivity index (χ1) is 19.5. The van der Waals surface area contributed by atoms with Crippen LogP contribution < -0.4 is 15.9 Å². The van der Waals surface area contributed by atoms with Gasteiger partial charge in [-0.1, -0.05) is 24.3 Å². The molecule has 1 aromatic carbocycles. The van der Waals surface area contributed by atoms with Gasteiger partial charge in [0.25, 0.3) is 0 Å². The Hall–Kier alpha value is -3.55. The zero-order valence-corrected chi connectivity index (χ0v) is 23.4. The molecule has 0 radical (unpaired) electrons. The average molecular weight is 539 g/mol. The number of allylic oxidation sites excluding steroid dienone is 2. The summed E-state index contributed by atoms with van der Waals surface area (Å²) >= 11 is 0. The first-order valence-electron chi connectivity index (χ1n) is 14.7. The van der Waals surface area contributed by atoms with Crippen LogP contribution in [0.4, 0.5) is 4.39 Å². The van der Waals surface area contributed by atoms with E-state index < -0.39 is 0 Å². The predicted molar refractivity (Wildman–Crippen MR) is 162 cm³/mol. The molecule has 2 aliphatic heterocycles. The van der Waals surface area contributed by atoms with E-state index in [4.69, 9.17) is 0 Å². The van der Waals surface area contributed by atoms with Crippen LogP contribution in [0.25, 0.3) is 46.2 Å². The van der Waals surface area contributed by atoms with Crippen LogP contribution in [-0.2, 0) is 6.42 Å². The maximum absolute atomic E-state index is 14.7. The molecule has 2 fully saturated rings. The maximum atomic E-state index is 14.7. The number of hydrogen-bond acceptors (Lipinski definition) is 4. The lowest BCUT2D eigenvalue weighted by Crippen LogP contribution is -2.28. The van der Waals surface area contributed by atoms with Gasteiger partial charge in [0.15, 0.2) is 0 Å². The summed E-state index contributed by atoms with van der Waals surface area (Å²) in [6, 6.07) is 9.44. The fourth-order valence-corrected chi connectivity index (χ4v) is 6.24. The molecule has 7 heteroatoms. The number of likely N-dealkylation sites (tertiary alicyclic amines) is 1. The number of nitrogens with zero attached hydrogens (tertiary/aromatic N) is 3. The number of H-pyrrole nitrogens is 2. The van der Waals surface area contributed by atoms with Crippen LogP contribution in [0.5, 0.6) is 0 Å². The third-order valence-electron chi connectivity index (χ3n) is 8.59. The van der Waals surface area contributed by atoms with E-state index in [0.717, 1.165) is 82.2 Å². The Labute approximate surface area is 235 Å². The van der Waals surface area contributed by atoms with Crippen molar-refractivity contribution in [3.8, 4) is 22.5 Å². The molecule has 40 heavy (non-hydrogen) atoms. The number of pyridine rings is 1. The maximum Gasteiger partial charge on any atom is 0.138 e. The van der Waals surface area contributed by atoms with Gasteiger partial charge in [-0.05, 0) is 131 Å². The summed E-state index contributed by atoms with van der Waals surface area (Å²) in [5, 5.41) is 13.9. The second-order valence-electron chi connectivity index (χ2n) is 11.4. The normalized spacial score (nSPS) is 17.9. The van der Waals surface area contributed by atoms with Gasteiger partial charge in [-0.25, -0.2) is 9.37 Å². The lowest BCUT2D eigenvalue weighted by molar-refractivity contribution is 0.334. The molecule has 4 aromatic rings. The average Bonchev–Trinajstić information content (AvgIpc) is 3.72. The van der Waals surface area contributed by atoms with Gasteiger partial charge in [-0.3, -0.25) is 5.10 Å². The van der Waals surface area contributed by atoms with Crippen LogP contribution >= 0.6 is 0 Å². The van der Waals surface area contributed by atoms with E-state index in [1.54, 1.807) is 18.3 Å². The van der Waals surface area contributed by atoms with Crippen LogP contribution in [0.2, 0.25) is 0 Å². The van der Waals surface area contributed by atoms with E-state index in [1.165, 1.54) is 44.3 Å². The number of nitrogens with one attached hydrogen (secondary N) is 3. The number of hydrogen-bond donors (Lipinski definition) is 3. The number of rotatable bonds is 8. The summed E-state index contributed by atoms with van der Waals surface area (Å²) in [6.45, 7) is 12.2. The van der Waals surface area contributed by atoms with E-state index in [9.17, 15) is 4.39 Å². The van der Waals surface area contributed by atoms with E-state index in [2.05, 4.69) is 68.2 Å². The van der Waals surface area contributed by atoms with Crippen LogP contribution in [-0.4, -0.2) is 57.8 Å². The second kappa shape index (κ2) is 11.9. The Balaban J connectivity index is 1.26. The Morgan fingerprint density at radius 2 is 1.98 bits per heavy atom. The molecule has 6 rings (SSSR count). The Kier molecular flexibility index (Phi) is 7.93. The molecule has 3 aromatic heterocycles. The van der Waals surface area contributed by atoms with Crippen molar-refractivity contribution in [3.05, 3.63) is 70.1 Å². The quantitative estimate of drug-likeness (QED) is 0.298. The van der Waals surface area contributed by atoms with Gasteiger partial charge in [-0.15, -0.1) is 0 Å². The number of aryl methyl sites for hydroxylation is 1. The highest BCUT2D eigenvalue weighted by molar-refractivity contribution is 5.96. The summed E-state index contributed by atoms with van der Waals surface area (Å²) in [6.07, 6.45) is 12.9. The van der Waals surface area contributed by atoms with Crippen molar-refractivity contribution >= 4 is 23.7 Å². The molecule has 3 N–H and O–H groups in total. The molecule has 2 saturated heterocycles. The minimum Gasteiger partial charge on any atom is -0.338 e. The first kappa shape index (κ1) is 26.7. The minimum atomic E-state index is -0.199. The first-order valence-corrected chi connectivity index (χ1v) is 14.7. The zero-order valence-electron chi connectivity index (χ0n) is 23.4. The molecular weight excluding hydrogens is 499 g/mol. The number of halogens is 1. The molecule has 5 heterocycles. The van der Waals surface area contributed by atoms with Crippen LogP contribution in [0.3, 0.4) is 0 Å². The molecule has 0 spiro atoms.